The number of nitrogens with one attached hydrogen (secondary N) is 1. The quantitative estimate of drug-likeness (QED) is 0.550. The third kappa shape index (κ3) is 6.14. The number of methoxy groups -OCH3 is 3. The monoisotopic (exact) mass is 498 g/mol. The lowest BCUT2D eigenvalue weighted by Gasteiger charge is -2.28. The van der Waals surface area contributed by atoms with Gasteiger partial charge in [-0.05, 0) is 43.3 Å². The maximum Gasteiger partial charge on any atom is 0.337 e. The third-order valence-electron chi connectivity index (χ3n) is 4.52. The zero-order valence-corrected chi connectivity index (χ0v) is 20.1. The summed E-state index contributed by atoms with van der Waals surface area (Å²) in [5.74, 6) is -1.88. The van der Waals surface area contributed by atoms with Gasteiger partial charge in [-0.15, -0.1) is 0 Å². The molecule has 33 heavy (non-hydrogen) atoms. The number of esters is 2. The maximum absolute atomic E-state index is 13.0. The van der Waals surface area contributed by atoms with Crippen LogP contribution in [-0.4, -0.2) is 59.9 Å². The minimum atomic E-state index is -3.92. The number of hydrogen-bond acceptors (Lipinski definition) is 8. The first-order chi connectivity index (χ1) is 15.4. The van der Waals surface area contributed by atoms with Gasteiger partial charge in [0, 0.05) is 5.69 Å². The lowest BCUT2D eigenvalue weighted by Crippen LogP contribution is -2.45. The molecular weight excluding hydrogens is 476 g/mol. The van der Waals surface area contributed by atoms with E-state index in [0.29, 0.717) is 5.75 Å². The van der Waals surface area contributed by atoms with Gasteiger partial charge in [-0.2, -0.15) is 0 Å². The van der Waals surface area contributed by atoms with Gasteiger partial charge in [-0.3, -0.25) is 9.10 Å². The van der Waals surface area contributed by atoms with Gasteiger partial charge in [-0.1, -0.05) is 11.6 Å². The molecule has 0 spiro atoms. The molecule has 0 bridgehead atoms. The van der Waals surface area contributed by atoms with E-state index in [0.717, 1.165) is 24.8 Å². The summed E-state index contributed by atoms with van der Waals surface area (Å²) in [6.45, 7) is 1.37. The number of nitrogens with zero attached hydrogens (tertiary/aromatic N) is 1. The molecular formula is C21H23ClN2O8S. The zero-order valence-electron chi connectivity index (χ0n) is 18.5. The highest BCUT2D eigenvalue weighted by atomic mass is 35.5. The molecule has 178 valence electrons. The number of carbonyl (C=O) groups is 3. The fourth-order valence-electron chi connectivity index (χ4n) is 3.02. The van der Waals surface area contributed by atoms with Crippen LogP contribution in [0.4, 0.5) is 11.4 Å². The SMILES string of the molecule is COC(=O)c1cc(NC(=O)[C@H](C)N(c2ccc(OC)c(Cl)c2)S(C)(=O)=O)cc(C(=O)OC)c1. The first kappa shape index (κ1) is 25.9. The summed E-state index contributed by atoms with van der Waals surface area (Å²) in [6.07, 6.45) is 0.947. The minimum absolute atomic E-state index is 0.00902. The van der Waals surface area contributed by atoms with Crippen molar-refractivity contribution in [2.45, 2.75) is 13.0 Å². The molecule has 12 heteroatoms. The van der Waals surface area contributed by atoms with E-state index in [-0.39, 0.29) is 27.5 Å². The molecule has 1 N–H and O–H groups in total. The number of amides is 1. The van der Waals surface area contributed by atoms with Gasteiger partial charge in [-0.25, -0.2) is 18.0 Å². The number of halogens is 1. The van der Waals surface area contributed by atoms with E-state index in [1.165, 1.54) is 50.4 Å². The van der Waals surface area contributed by atoms with Gasteiger partial charge in [0.2, 0.25) is 15.9 Å². The molecule has 2 rings (SSSR count). The van der Waals surface area contributed by atoms with Crippen LogP contribution in [0.25, 0.3) is 0 Å². The van der Waals surface area contributed by atoms with Crippen molar-refractivity contribution in [1.29, 1.82) is 0 Å². The Labute approximate surface area is 196 Å². The summed E-state index contributed by atoms with van der Waals surface area (Å²) in [5, 5.41) is 2.68. The van der Waals surface area contributed by atoms with E-state index in [9.17, 15) is 22.8 Å². The molecule has 0 radical (unpaired) electrons. The van der Waals surface area contributed by atoms with E-state index >= 15 is 0 Å². The highest BCUT2D eigenvalue weighted by Gasteiger charge is 2.30. The first-order valence-electron chi connectivity index (χ1n) is 9.38. The lowest BCUT2D eigenvalue weighted by molar-refractivity contribution is -0.116. The summed E-state index contributed by atoms with van der Waals surface area (Å²) in [5.41, 5.74) is 0.191. The number of benzene rings is 2. The molecule has 2 aromatic rings. The van der Waals surface area contributed by atoms with Gasteiger partial charge in [0.05, 0.1) is 49.4 Å². The lowest BCUT2D eigenvalue weighted by atomic mass is 10.1. The molecule has 2 aromatic carbocycles. The molecule has 0 fully saturated rings. The van der Waals surface area contributed by atoms with Gasteiger partial charge in [0.15, 0.2) is 0 Å². The number of rotatable bonds is 8. The van der Waals surface area contributed by atoms with Gasteiger partial charge in [0.1, 0.15) is 11.8 Å². The highest BCUT2D eigenvalue weighted by molar-refractivity contribution is 7.92. The Kier molecular flexibility index (Phi) is 8.29. The van der Waals surface area contributed by atoms with E-state index in [2.05, 4.69) is 14.8 Å². The second-order valence-corrected chi connectivity index (χ2v) is 9.09. The van der Waals surface area contributed by atoms with Crippen molar-refractivity contribution in [2.24, 2.45) is 0 Å². The Balaban J connectivity index is 2.44. The second kappa shape index (κ2) is 10.5. The highest BCUT2D eigenvalue weighted by Crippen LogP contribution is 2.31. The molecule has 0 saturated heterocycles. The van der Waals surface area contributed by atoms with Crippen LogP contribution in [-0.2, 0) is 24.3 Å². The summed E-state index contributed by atoms with van der Waals surface area (Å²) >= 11 is 6.12. The van der Waals surface area contributed by atoms with Gasteiger partial charge >= 0.3 is 11.9 Å². The van der Waals surface area contributed by atoms with Crippen LogP contribution >= 0.6 is 11.6 Å². The summed E-state index contributed by atoms with van der Waals surface area (Å²) in [6, 6.07) is 6.88. The van der Waals surface area contributed by atoms with Crippen molar-refractivity contribution in [3.63, 3.8) is 0 Å². The fraction of sp³-hybridized carbons (Fsp3) is 0.286. The van der Waals surface area contributed by atoms with Crippen LogP contribution < -0.4 is 14.4 Å². The van der Waals surface area contributed by atoms with Crippen molar-refractivity contribution in [3.05, 3.63) is 52.5 Å². The molecule has 0 unspecified atom stereocenters. The Morgan fingerprint density at radius 2 is 1.52 bits per heavy atom. The number of hydrogen-bond donors (Lipinski definition) is 1. The van der Waals surface area contributed by atoms with Crippen LogP contribution in [0.5, 0.6) is 5.75 Å². The van der Waals surface area contributed by atoms with Crippen LogP contribution in [0, 0.1) is 0 Å². The van der Waals surface area contributed by atoms with Crippen LogP contribution in [0.1, 0.15) is 27.6 Å². The predicted molar refractivity (Wildman–Crippen MR) is 123 cm³/mol. The molecule has 10 nitrogen and oxygen atoms in total. The van der Waals surface area contributed by atoms with Crippen LogP contribution in [0.2, 0.25) is 5.02 Å². The van der Waals surface area contributed by atoms with Crippen molar-refractivity contribution in [3.8, 4) is 5.75 Å². The number of anilines is 2. The minimum Gasteiger partial charge on any atom is -0.495 e. The number of ether oxygens (including phenoxy) is 3. The largest absolute Gasteiger partial charge is 0.495 e. The fourth-order valence-corrected chi connectivity index (χ4v) is 4.44. The first-order valence-corrected chi connectivity index (χ1v) is 11.6. The van der Waals surface area contributed by atoms with Gasteiger partial charge in [0.25, 0.3) is 0 Å². The molecule has 0 aliphatic carbocycles. The van der Waals surface area contributed by atoms with Crippen LogP contribution in [0.15, 0.2) is 36.4 Å². The van der Waals surface area contributed by atoms with Crippen molar-refractivity contribution in [2.75, 3.05) is 37.2 Å². The number of carbonyl (C=O) groups excluding carboxylic acids is 3. The zero-order chi connectivity index (χ0) is 24.9. The molecule has 1 atom stereocenters. The topological polar surface area (TPSA) is 128 Å². The molecule has 0 heterocycles. The van der Waals surface area contributed by atoms with Crippen molar-refractivity contribution >= 4 is 50.8 Å². The predicted octanol–water partition coefficient (Wildman–Crippen LogP) is 2.72. The van der Waals surface area contributed by atoms with Gasteiger partial charge < -0.3 is 19.5 Å². The van der Waals surface area contributed by atoms with Crippen molar-refractivity contribution in [1.82, 2.24) is 0 Å². The molecule has 0 aromatic heterocycles. The third-order valence-corrected chi connectivity index (χ3v) is 6.06. The molecule has 0 aliphatic heterocycles. The summed E-state index contributed by atoms with van der Waals surface area (Å²) in [7, 11) is -0.176. The average molecular weight is 499 g/mol. The van der Waals surface area contributed by atoms with E-state index in [1.807, 2.05) is 0 Å². The Hall–Kier alpha value is -3.31. The normalized spacial score (nSPS) is 11.8. The van der Waals surface area contributed by atoms with E-state index in [4.69, 9.17) is 16.3 Å². The molecule has 0 aliphatic rings. The van der Waals surface area contributed by atoms with Crippen molar-refractivity contribution < 1.29 is 37.0 Å². The summed E-state index contributed by atoms with van der Waals surface area (Å²) < 4.78 is 40.3. The standard InChI is InChI=1S/C21H23ClN2O8S/c1-12(24(33(5,28)29)16-6-7-18(30-2)17(22)11-16)19(25)23-15-9-13(20(26)31-3)8-14(10-15)21(27)32-4/h6-12H,1-5H3,(H,23,25)/t12-/m0/s1. The number of sulfonamides is 1. The smallest absolute Gasteiger partial charge is 0.337 e. The Morgan fingerprint density at radius 3 is 1.94 bits per heavy atom. The average Bonchev–Trinajstić information content (AvgIpc) is 2.76. The Bertz CT molecular complexity index is 1150. The second-order valence-electron chi connectivity index (χ2n) is 6.83. The van der Waals surface area contributed by atoms with Crippen LogP contribution in [0.3, 0.4) is 0 Å². The summed E-state index contributed by atoms with van der Waals surface area (Å²) in [4.78, 5) is 36.9. The van der Waals surface area contributed by atoms with E-state index < -0.39 is 33.9 Å². The molecule has 0 saturated carbocycles. The molecule has 1 amide bonds. The Morgan fingerprint density at radius 1 is 0.970 bits per heavy atom. The van der Waals surface area contributed by atoms with E-state index in [1.54, 1.807) is 0 Å². The maximum atomic E-state index is 13.0.